The summed E-state index contributed by atoms with van der Waals surface area (Å²) in [7, 11) is 1.81. The molecule has 0 fully saturated rings. The molecule has 0 aliphatic rings. The second-order valence-corrected chi connectivity index (χ2v) is 4.27. The molecule has 3 atom stereocenters. The smallest absolute Gasteiger partial charge is 0.0495 e. The normalized spacial score (nSPS) is 18.2. The predicted octanol–water partition coefficient (Wildman–Crippen LogP) is 3.73. The van der Waals surface area contributed by atoms with Crippen molar-refractivity contribution in [1.82, 2.24) is 0 Å². The van der Waals surface area contributed by atoms with Gasteiger partial charge in [-0.05, 0) is 17.8 Å². The summed E-state index contributed by atoms with van der Waals surface area (Å²) in [6.07, 6.45) is 3.89. The van der Waals surface area contributed by atoms with E-state index in [1.807, 2.05) is 7.11 Å². The van der Waals surface area contributed by atoms with Crippen molar-refractivity contribution in [2.45, 2.75) is 47.0 Å². The Morgan fingerprint density at radius 2 is 1.69 bits per heavy atom. The van der Waals surface area contributed by atoms with E-state index in [1.54, 1.807) is 0 Å². The van der Waals surface area contributed by atoms with Crippen molar-refractivity contribution in [1.29, 1.82) is 0 Å². The van der Waals surface area contributed by atoms with Crippen molar-refractivity contribution in [3.8, 4) is 0 Å². The second-order valence-electron chi connectivity index (χ2n) is 4.27. The molecular formula is C12H26O. The average molecular weight is 186 g/mol. The zero-order valence-electron chi connectivity index (χ0n) is 9.97. The summed E-state index contributed by atoms with van der Waals surface area (Å²) in [6.45, 7) is 10.2. The third kappa shape index (κ3) is 4.66. The minimum absolute atomic E-state index is 0.745. The molecule has 0 saturated carbocycles. The molecule has 0 heterocycles. The van der Waals surface area contributed by atoms with E-state index >= 15 is 0 Å². The molecule has 0 aliphatic heterocycles. The Balaban J connectivity index is 4.05. The zero-order chi connectivity index (χ0) is 10.3. The average Bonchev–Trinajstić information content (AvgIpc) is 2.13. The van der Waals surface area contributed by atoms with Gasteiger partial charge < -0.3 is 4.74 Å². The summed E-state index contributed by atoms with van der Waals surface area (Å²) in [5.41, 5.74) is 0. The van der Waals surface area contributed by atoms with Gasteiger partial charge in [0, 0.05) is 13.7 Å². The summed E-state index contributed by atoms with van der Waals surface area (Å²) in [5.74, 6) is 2.34. The molecule has 1 heteroatoms. The van der Waals surface area contributed by atoms with Crippen LogP contribution in [0.5, 0.6) is 0 Å². The highest BCUT2D eigenvalue weighted by molar-refractivity contribution is 4.70. The van der Waals surface area contributed by atoms with E-state index in [9.17, 15) is 0 Å². The van der Waals surface area contributed by atoms with Gasteiger partial charge in [0.1, 0.15) is 0 Å². The summed E-state index contributed by atoms with van der Waals surface area (Å²) < 4.78 is 5.29. The lowest BCUT2D eigenvalue weighted by Gasteiger charge is -2.28. The van der Waals surface area contributed by atoms with Crippen molar-refractivity contribution in [2.24, 2.45) is 17.8 Å². The van der Waals surface area contributed by atoms with Crippen LogP contribution in [0.3, 0.4) is 0 Å². The highest BCUT2D eigenvalue weighted by atomic mass is 16.5. The van der Waals surface area contributed by atoms with E-state index in [-0.39, 0.29) is 0 Å². The van der Waals surface area contributed by atoms with Gasteiger partial charge in [0.25, 0.3) is 0 Å². The number of rotatable bonds is 7. The van der Waals surface area contributed by atoms with Crippen molar-refractivity contribution in [3.05, 3.63) is 0 Å². The van der Waals surface area contributed by atoms with Gasteiger partial charge in [0.05, 0.1) is 0 Å². The first-order chi connectivity index (χ1) is 6.17. The molecule has 0 saturated heterocycles. The highest BCUT2D eigenvalue weighted by Gasteiger charge is 2.21. The maximum absolute atomic E-state index is 5.29. The summed E-state index contributed by atoms with van der Waals surface area (Å²) >= 11 is 0. The monoisotopic (exact) mass is 186 g/mol. The van der Waals surface area contributed by atoms with Crippen LogP contribution < -0.4 is 0 Å². The lowest BCUT2D eigenvalue weighted by molar-refractivity contribution is 0.0873. The molecule has 0 amide bonds. The molecule has 0 aliphatic carbocycles. The van der Waals surface area contributed by atoms with E-state index in [4.69, 9.17) is 4.74 Å². The Morgan fingerprint density at radius 3 is 2.08 bits per heavy atom. The number of hydrogen-bond donors (Lipinski definition) is 0. The van der Waals surface area contributed by atoms with Gasteiger partial charge in [-0.1, -0.05) is 47.0 Å². The summed E-state index contributed by atoms with van der Waals surface area (Å²) in [5, 5.41) is 0. The van der Waals surface area contributed by atoms with Crippen LogP contribution in [0, 0.1) is 17.8 Å². The zero-order valence-corrected chi connectivity index (χ0v) is 9.97. The molecule has 0 radical (unpaired) electrons. The first-order valence-electron chi connectivity index (χ1n) is 5.66. The number of ether oxygens (including phenoxy) is 1. The molecule has 0 aromatic heterocycles. The lowest BCUT2D eigenvalue weighted by Crippen LogP contribution is -2.24. The van der Waals surface area contributed by atoms with E-state index < -0.39 is 0 Å². The minimum atomic E-state index is 0.745. The maximum atomic E-state index is 5.29. The van der Waals surface area contributed by atoms with Gasteiger partial charge in [0.15, 0.2) is 0 Å². The van der Waals surface area contributed by atoms with Crippen LogP contribution in [0.4, 0.5) is 0 Å². The third-order valence-corrected chi connectivity index (χ3v) is 3.21. The van der Waals surface area contributed by atoms with Crippen LogP contribution in [0.25, 0.3) is 0 Å². The molecule has 80 valence electrons. The standard InChI is InChI=1S/C12H26O/c1-6-8-11(4)12(9-13-5)10(3)7-2/h10-12H,6-9H2,1-5H3. The predicted molar refractivity (Wildman–Crippen MR) is 58.9 cm³/mol. The summed E-state index contributed by atoms with van der Waals surface area (Å²) in [6, 6.07) is 0. The molecule has 0 aromatic carbocycles. The molecule has 0 aromatic rings. The van der Waals surface area contributed by atoms with Crippen LogP contribution in [-0.2, 0) is 4.74 Å². The van der Waals surface area contributed by atoms with Crippen LogP contribution in [0.2, 0.25) is 0 Å². The maximum Gasteiger partial charge on any atom is 0.0495 e. The van der Waals surface area contributed by atoms with Crippen LogP contribution in [0.15, 0.2) is 0 Å². The molecule has 3 unspecified atom stereocenters. The number of methoxy groups -OCH3 is 1. The van der Waals surface area contributed by atoms with Gasteiger partial charge in [-0.25, -0.2) is 0 Å². The van der Waals surface area contributed by atoms with Crippen molar-refractivity contribution >= 4 is 0 Å². The molecule has 0 rings (SSSR count). The largest absolute Gasteiger partial charge is 0.384 e. The Bertz CT molecular complexity index is 112. The summed E-state index contributed by atoms with van der Waals surface area (Å²) in [4.78, 5) is 0. The van der Waals surface area contributed by atoms with Gasteiger partial charge in [0.2, 0.25) is 0 Å². The van der Waals surface area contributed by atoms with Crippen molar-refractivity contribution < 1.29 is 4.74 Å². The topological polar surface area (TPSA) is 9.23 Å². The van der Waals surface area contributed by atoms with Gasteiger partial charge in [-0.15, -0.1) is 0 Å². The Kier molecular flexibility index (Phi) is 7.35. The Hall–Kier alpha value is -0.0400. The molecule has 0 N–H and O–H groups in total. The SMILES string of the molecule is CCCC(C)C(COC)C(C)CC. The highest BCUT2D eigenvalue weighted by Crippen LogP contribution is 2.26. The first-order valence-corrected chi connectivity index (χ1v) is 5.66. The van der Waals surface area contributed by atoms with E-state index in [0.29, 0.717) is 0 Å². The van der Waals surface area contributed by atoms with Crippen molar-refractivity contribution in [3.63, 3.8) is 0 Å². The van der Waals surface area contributed by atoms with Gasteiger partial charge in [-0.3, -0.25) is 0 Å². The fraction of sp³-hybridized carbons (Fsp3) is 1.00. The molecule has 0 spiro atoms. The van der Waals surface area contributed by atoms with Crippen molar-refractivity contribution in [2.75, 3.05) is 13.7 Å². The molecule has 13 heavy (non-hydrogen) atoms. The minimum Gasteiger partial charge on any atom is -0.384 e. The van der Waals surface area contributed by atoms with Crippen LogP contribution >= 0.6 is 0 Å². The Morgan fingerprint density at radius 1 is 1.08 bits per heavy atom. The quantitative estimate of drug-likeness (QED) is 0.588. The van der Waals surface area contributed by atoms with E-state index in [1.165, 1.54) is 19.3 Å². The lowest BCUT2D eigenvalue weighted by atomic mass is 9.80. The Labute approximate surface area is 83.9 Å². The third-order valence-electron chi connectivity index (χ3n) is 3.21. The fourth-order valence-electron chi connectivity index (χ4n) is 2.05. The van der Waals surface area contributed by atoms with E-state index in [2.05, 4.69) is 27.7 Å². The van der Waals surface area contributed by atoms with E-state index in [0.717, 1.165) is 24.4 Å². The molecule has 1 nitrogen and oxygen atoms in total. The van der Waals surface area contributed by atoms with Gasteiger partial charge >= 0.3 is 0 Å². The number of hydrogen-bond acceptors (Lipinski definition) is 1. The second kappa shape index (κ2) is 7.37. The molecule has 0 bridgehead atoms. The van der Waals surface area contributed by atoms with Gasteiger partial charge in [-0.2, -0.15) is 0 Å². The van der Waals surface area contributed by atoms with Crippen LogP contribution in [-0.4, -0.2) is 13.7 Å². The first kappa shape index (κ1) is 13.0. The fourth-order valence-corrected chi connectivity index (χ4v) is 2.05. The van der Waals surface area contributed by atoms with Crippen LogP contribution in [0.1, 0.15) is 47.0 Å². The molecular weight excluding hydrogens is 160 g/mol.